The van der Waals surface area contributed by atoms with Gasteiger partial charge in [0.15, 0.2) is 0 Å². The fourth-order valence-electron chi connectivity index (χ4n) is 1.95. The van der Waals surface area contributed by atoms with E-state index >= 15 is 0 Å². The first kappa shape index (κ1) is 10.7. The minimum atomic E-state index is 1.22. The van der Waals surface area contributed by atoms with Gasteiger partial charge in [0.1, 0.15) is 0 Å². The zero-order chi connectivity index (χ0) is 10.5. The number of rotatable bonds is 5. The third kappa shape index (κ3) is 2.60. The van der Waals surface area contributed by atoms with Crippen molar-refractivity contribution >= 4 is 22.1 Å². The third-order valence-electron chi connectivity index (χ3n) is 2.84. The molecule has 0 aliphatic heterocycles. The SMILES string of the molecule is CCCCCCc1cccc2[c]scc12. The first-order valence-electron chi connectivity index (χ1n) is 5.78. The van der Waals surface area contributed by atoms with Gasteiger partial charge in [-0.2, -0.15) is 0 Å². The molecule has 0 amide bonds. The number of unbranched alkanes of at least 4 members (excludes halogenated alkanes) is 3. The van der Waals surface area contributed by atoms with Crippen LogP contribution in [0.5, 0.6) is 0 Å². The zero-order valence-corrected chi connectivity index (χ0v) is 10.1. The Kier molecular flexibility index (Phi) is 3.79. The van der Waals surface area contributed by atoms with Gasteiger partial charge in [0.2, 0.25) is 0 Å². The molecule has 0 saturated heterocycles. The van der Waals surface area contributed by atoms with Crippen molar-refractivity contribution in [3.05, 3.63) is 34.5 Å². The van der Waals surface area contributed by atoms with E-state index in [0.717, 1.165) is 0 Å². The Labute approximate surface area is 95.9 Å². The summed E-state index contributed by atoms with van der Waals surface area (Å²) in [6.07, 6.45) is 6.59. The maximum absolute atomic E-state index is 3.30. The average Bonchev–Trinajstić information content (AvgIpc) is 2.73. The van der Waals surface area contributed by atoms with E-state index in [9.17, 15) is 0 Å². The van der Waals surface area contributed by atoms with Crippen molar-refractivity contribution in [2.75, 3.05) is 0 Å². The minimum absolute atomic E-state index is 1.22. The maximum Gasteiger partial charge on any atom is 0.0527 e. The van der Waals surface area contributed by atoms with Crippen LogP contribution >= 0.6 is 11.3 Å². The largest absolute Gasteiger partial charge is 0.142 e. The lowest BCUT2D eigenvalue weighted by atomic mass is 10.0. The van der Waals surface area contributed by atoms with Crippen molar-refractivity contribution in [2.24, 2.45) is 0 Å². The molecule has 1 heteroatoms. The Hall–Kier alpha value is -0.820. The summed E-state index contributed by atoms with van der Waals surface area (Å²) in [5, 5.41) is 8.23. The first-order chi connectivity index (χ1) is 7.42. The molecular formula is C14H17S. The molecule has 2 aromatic rings. The molecule has 1 aromatic heterocycles. The quantitative estimate of drug-likeness (QED) is 0.630. The highest BCUT2D eigenvalue weighted by Crippen LogP contribution is 2.23. The molecule has 1 heterocycles. The lowest BCUT2D eigenvalue weighted by Crippen LogP contribution is -1.86. The van der Waals surface area contributed by atoms with Crippen molar-refractivity contribution in [3.63, 3.8) is 0 Å². The van der Waals surface area contributed by atoms with Crippen molar-refractivity contribution in [1.82, 2.24) is 0 Å². The van der Waals surface area contributed by atoms with Gasteiger partial charge < -0.3 is 0 Å². The van der Waals surface area contributed by atoms with E-state index < -0.39 is 0 Å². The Balaban J connectivity index is 2.04. The van der Waals surface area contributed by atoms with Crippen molar-refractivity contribution in [2.45, 2.75) is 39.0 Å². The van der Waals surface area contributed by atoms with Crippen LogP contribution in [0.3, 0.4) is 0 Å². The van der Waals surface area contributed by atoms with Crippen LogP contribution in [0.4, 0.5) is 0 Å². The normalized spacial score (nSPS) is 11.0. The Bertz CT molecular complexity index is 414. The second kappa shape index (κ2) is 5.32. The topological polar surface area (TPSA) is 0 Å². The second-order valence-corrected chi connectivity index (χ2v) is 4.70. The fourth-order valence-corrected chi connectivity index (χ4v) is 2.71. The molecule has 1 radical (unpaired) electrons. The minimum Gasteiger partial charge on any atom is -0.142 e. The molecule has 0 saturated carbocycles. The number of fused-ring (bicyclic) bond motifs is 1. The van der Waals surface area contributed by atoms with Gasteiger partial charge in [-0.05, 0) is 29.2 Å². The third-order valence-corrected chi connectivity index (χ3v) is 3.53. The molecule has 0 aliphatic rings. The number of aryl methyl sites for hydroxylation is 1. The highest BCUT2D eigenvalue weighted by Gasteiger charge is 2.01. The molecule has 2 rings (SSSR count). The van der Waals surface area contributed by atoms with E-state index in [-0.39, 0.29) is 0 Å². The van der Waals surface area contributed by atoms with Crippen LogP contribution in [0.1, 0.15) is 38.2 Å². The van der Waals surface area contributed by atoms with Crippen LogP contribution in [0.2, 0.25) is 0 Å². The Morgan fingerprint density at radius 2 is 2.13 bits per heavy atom. The van der Waals surface area contributed by atoms with Crippen LogP contribution in [0.15, 0.2) is 23.6 Å². The summed E-state index contributed by atoms with van der Waals surface area (Å²) in [6, 6.07) is 6.57. The Morgan fingerprint density at radius 3 is 3.00 bits per heavy atom. The van der Waals surface area contributed by atoms with Crippen molar-refractivity contribution in [1.29, 1.82) is 0 Å². The maximum atomic E-state index is 3.30. The van der Waals surface area contributed by atoms with Gasteiger partial charge in [-0.1, -0.05) is 44.4 Å². The summed E-state index contributed by atoms with van der Waals surface area (Å²) in [6.45, 7) is 2.26. The summed E-state index contributed by atoms with van der Waals surface area (Å²) < 4.78 is 0. The monoisotopic (exact) mass is 217 g/mol. The highest BCUT2D eigenvalue weighted by molar-refractivity contribution is 7.08. The molecule has 0 nitrogen and oxygen atoms in total. The van der Waals surface area contributed by atoms with Gasteiger partial charge >= 0.3 is 0 Å². The molecule has 0 fully saturated rings. The number of thiophene rings is 1. The van der Waals surface area contributed by atoms with Crippen molar-refractivity contribution in [3.8, 4) is 0 Å². The van der Waals surface area contributed by atoms with Gasteiger partial charge in [0.05, 0.1) is 5.38 Å². The van der Waals surface area contributed by atoms with Crippen LogP contribution in [0, 0.1) is 5.38 Å². The molecule has 15 heavy (non-hydrogen) atoms. The lowest BCUT2D eigenvalue weighted by molar-refractivity contribution is 0.668. The lowest BCUT2D eigenvalue weighted by Gasteiger charge is -2.02. The smallest absolute Gasteiger partial charge is 0.0527 e. The summed E-state index contributed by atoms with van der Waals surface area (Å²) >= 11 is 1.69. The van der Waals surface area contributed by atoms with Gasteiger partial charge in [0, 0.05) is 5.39 Å². The number of benzene rings is 1. The van der Waals surface area contributed by atoms with Crippen LogP contribution in [-0.2, 0) is 6.42 Å². The van der Waals surface area contributed by atoms with E-state index in [1.165, 1.54) is 48.4 Å². The highest BCUT2D eigenvalue weighted by atomic mass is 32.1. The predicted molar refractivity (Wildman–Crippen MR) is 68.5 cm³/mol. The fraction of sp³-hybridized carbons (Fsp3) is 0.429. The van der Waals surface area contributed by atoms with E-state index in [1.807, 2.05) is 0 Å². The number of hydrogen-bond donors (Lipinski definition) is 0. The van der Waals surface area contributed by atoms with Crippen LogP contribution in [0.25, 0.3) is 10.8 Å². The molecule has 0 aliphatic carbocycles. The molecule has 1 aromatic carbocycles. The summed E-state index contributed by atoms with van der Waals surface area (Å²) in [4.78, 5) is 0. The van der Waals surface area contributed by atoms with E-state index in [4.69, 9.17) is 0 Å². The van der Waals surface area contributed by atoms with Crippen molar-refractivity contribution < 1.29 is 0 Å². The Morgan fingerprint density at radius 1 is 1.20 bits per heavy atom. The van der Waals surface area contributed by atoms with Crippen LogP contribution in [-0.4, -0.2) is 0 Å². The molecule has 0 bridgehead atoms. The first-order valence-corrected chi connectivity index (χ1v) is 6.66. The molecule has 0 N–H and O–H groups in total. The summed E-state index contributed by atoms with van der Waals surface area (Å²) in [5.41, 5.74) is 1.50. The second-order valence-electron chi connectivity index (χ2n) is 4.03. The number of hydrogen-bond acceptors (Lipinski definition) is 1. The van der Waals surface area contributed by atoms with E-state index in [0.29, 0.717) is 0 Å². The van der Waals surface area contributed by atoms with Gasteiger partial charge in [0.25, 0.3) is 0 Å². The molecule has 0 unspecified atom stereocenters. The standard InChI is InChI=1S/C14H17S/c1-2-3-4-5-7-12-8-6-9-13-10-15-11-14(12)13/h6,8-9,11H,2-5,7H2,1H3. The van der Waals surface area contributed by atoms with Gasteiger partial charge in [-0.3, -0.25) is 0 Å². The molecule has 79 valence electrons. The molecule has 0 spiro atoms. The van der Waals surface area contributed by atoms with Gasteiger partial charge in [-0.15, -0.1) is 11.3 Å². The molecule has 0 atom stereocenters. The predicted octanol–water partition coefficient (Wildman–Crippen LogP) is 4.82. The summed E-state index contributed by atoms with van der Waals surface area (Å²) in [7, 11) is 0. The van der Waals surface area contributed by atoms with E-state index in [2.05, 4.69) is 35.9 Å². The van der Waals surface area contributed by atoms with Crippen LogP contribution < -0.4 is 0 Å². The van der Waals surface area contributed by atoms with Gasteiger partial charge in [-0.25, -0.2) is 0 Å². The zero-order valence-electron chi connectivity index (χ0n) is 9.25. The summed E-state index contributed by atoms with van der Waals surface area (Å²) in [5.74, 6) is 0. The van der Waals surface area contributed by atoms with E-state index in [1.54, 1.807) is 11.3 Å². The molecular weight excluding hydrogens is 200 g/mol. The average molecular weight is 217 g/mol.